The average molecular weight is 499 g/mol. The number of anilines is 1. The van der Waals surface area contributed by atoms with Crippen LogP contribution >= 0.6 is 0 Å². The lowest BCUT2D eigenvalue weighted by molar-refractivity contribution is 0.0473. The van der Waals surface area contributed by atoms with E-state index in [1.165, 1.54) is 19.5 Å². The molecule has 1 aromatic carbocycles. The van der Waals surface area contributed by atoms with Crippen LogP contribution in [-0.2, 0) is 4.74 Å². The Hall–Kier alpha value is -3.66. The number of carbonyl (C=O) groups is 2. The van der Waals surface area contributed by atoms with Crippen LogP contribution in [0, 0.1) is 0 Å². The SMILES string of the molecule is C=CCOC(=O)Nc1cc(OCCCC)c(OC)cc1C(=O)N1CCC(c2cncnc2)C[C@H]1CO. The van der Waals surface area contributed by atoms with Crippen molar-refractivity contribution in [1.82, 2.24) is 14.9 Å². The first-order chi connectivity index (χ1) is 17.5. The van der Waals surface area contributed by atoms with E-state index >= 15 is 0 Å². The maximum absolute atomic E-state index is 13.8. The summed E-state index contributed by atoms with van der Waals surface area (Å²) < 4.78 is 16.4. The number of carbonyl (C=O) groups excluding carboxylic acids is 2. The highest BCUT2D eigenvalue weighted by molar-refractivity contribution is 6.03. The molecule has 1 unspecified atom stereocenters. The molecule has 10 nitrogen and oxygen atoms in total. The first-order valence-electron chi connectivity index (χ1n) is 12.1. The molecule has 0 spiro atoms. The minimum atomic E-state index is -0.727. The molecule has 1 aliphatic heterocycles. The van der Waals surface area contributed by atoms with Crippen LogP contribution in [0.2, 0.25) is 0 Å². The molecule has 0 aliphatic carbocycles. The van der Waals surface area contributed by atoms with Crippen molar-refractivity contribution < 1.29 is 28.9 Å². The van der Waals surface area contributed by atoms with Gasteiger partial charge in [-0.2, -0.15) is 0 Å². The number of nitrogens with zero attached hydrogens (tertiary/aromatic N) is 3. The van der Waals surface area contributed by atoms with Crippen molar-refractivity contribution in [3.05, 3.63) is 54.6 Å². The maximum Gasteiger partial charge on any atom is 0.411 e. The molecule has 2 N–H and O–H groups in total. The molecule has 0 radical (unpaired) electrons. The summed E-state index contributed by atoms with van der Waals surface area (Å²) in [7, 11) is 1.49. The van der Waals surface area contributed by atoms with Gasteiger partial charge in [0.05, 0.1) is 37.6 Å². The first-order valence-corrected chi connectivity index (χ1v) is 12.1. The van der Waals surface area contributed by atoms with E-state index in [-0.39, 0.29) is 36.3 Å². The number of hydrogen-bond donors (Lipinski definition) is 2. The third-order valence-corrected chi connectivity index (χ3v) is 6.10. The smallest absolute Gasteiger partial charge is 0.411 e. The fraction of sp³-hybridized carbons (Fsp3) is 0.462. The van der Waals surface area contributed by atoms with Crippen molar-refractivity contribution in [2.24, 2.45) is 0 Å². The topological polar surface area (TPSA) is 123 Å². The zero-order chi connectivity index (χ0) is 25.9. The zero-order valence-corrected chi connectivity index (χ0v) is 20.8. The van der Waals surface area contributed by atoms with E-state index in [4.69, 9.17) is 14.2 Å². The number of likely N-dealkylation sites (tertiary alicyclic amines) is 1. The van der Waals surface area contributed by atoms with Crippen molar-refractivity contribution in [3.63, 3.8) is 0 Å². The van der Waals surface area contributed by atoms with Gasteiger partial charge in [-0.05, 0) is 36.8 Å². The average Bonchev–Trinajstić information content (AvgIpc) is 2.92. The highest BCUT2D eigenvalue weighted by atomic mass is 16.5. The molecule has 194 valence electrons. The molecule has 1 aliphatic rings. The Bertz CT molecular complexity index is 1030. The van der Waals surface area contributed by atoms with Gasteiger partial charge in [-0.15, -0.1) is 0 Å². The van der Waals surface area contributed by atoms with Gasteiger partial charge in [-0.25, -0.2) is 14.8 Å². The van der Waals surface area contributed by atoms with Crippen LogP contribution in [0.5, 0.6) is 11.5 Å². The normalized spacial score (nSPS) is 17.2. The number of benzene rings is 1. The van der Waals surface area contributed by atoms with E-state index in [1.807, 2.05) is 0 Å². The fourth-order valence-electron chi connectivity index (χ4n) is 4.19. The molecule has 2 atom stereocenters. The van der Waals surface area contributed by atoms with E-state index < -0.39 is 12.1 Å². The zero-order valence-electron chi connectivity index (χ0n) is 20.8. The van der Waals surface area contributed by atoms with Gasteiger partial charge in [-0.1, -0.05) is 26.0 Å². The Balaban J connectivity index is 1.90. The number of ether oxygens (including phenoxy) is 3. The van der Waals surface area contributed by atoms with Crippen molar-refractivity contribution >= 4 is 17.7 Å². The second-order valence-corrected chi connectivity index (χ2v) is 8.49. The quantitative estimate of drug-likeness (QED) is 0.354. The second kappa shape index (κ2) is 13.4. The van der Waals surface area contributed by atoms with Crippen molar-refractivity contribution in [2.75, 3.05) is 38.8 Å². The number of unbranched alkanes of at least 4 members (excludes halogenated alkanes) is 1. The molecule has 2 amide bonds. The minimum absolute atomic E-state index is 0.0222. The van der Waals surface area contributed by atoms with Gasteiger partial charge in [0.25, 0.3) is 5.91 Å². The Kier molecular flexibility index (Phi) is 10.1. The van der Waals surface area contributed by atoms with Gasteiger partial charge in [0, 0.05) is 25.0 Å². The number of piperidine rings is 1. The van der Waals surface area contributed by atoms with Crippen LogP contribution in [0.25, 0.3) is 0 Å². The number of aliphatic hydroxyl groups excluding tert-OH is 1. The molecule has 1 aromatic heterocycles. The van der Waals surface area contributed by atoms with Crippen LogP contribution in [-0.4, -0.2) is 71.5 Å². The first kappa shape index (κ1) is 26.9. The minimum Gasteiger partial charge on any atom is -0.493 e. The third-order valence-electron chi connectivity index (χ3n) is 6.10. The van der Waals surface area contributed by atoms with Gasteiger partial charge < -0.3 is 24.2 Å². The van der Waals surface area contributed by atoms with E-state index in [9.17, 15) is 14.7 Å². The number of rotatable bonds is 11. The number of amides is 2. The summed E-state index contributed by atoms with van der Waals surface area (Å²) in [6, 6.07) is 2.71. The van der Waals surface area contributed by atoms with Crippen LogP contribution in [0.1, 0.15) is 54.4 Å². The van der Waals surface area contributed by atoms with Gasteiger partial charge in [-0.3, -0.25) is 10.1 Å². The molecule has 1 fully saturated rings. The number of nitrogens with one attached hydrogen (secondary N) is 1. The highest BCUT2D eigenvalue weighted by Gasteiger charge is 2.34. The van der Waals surface area contributed by atoms with Gasteiger partial charge >= 0.3 is 6.09 Å². The Morgan fingerprint density at radius 1 is 1.28 bits per heavy atom. The standard InChI is InChI=1S/C26H34N4O6/c1-4-6-10-35-24-13-22(29-26(33)36-9-5-2)21(12-23(24)34-3)25(32)30-8-7-18(11-20(30)16-31)19-14-27-17-28-15-19/h5,12-15,17-18,20,31H,2,4,6-11,16H2,1,3H3,(H,29,33)/t18?,20-/m0/s1. The predicted molar refractivity (Wildman–Crippen MR) is 134 cm³/mol. The molecule has 2 heterocycles. The lowest BCUT2D eigenvalue weighted by Gasteiger charge is -2.39. The van der Waals surface area contributed by atoms with Crippen molar-refractivity contribution in [2.45, 2.75) is 44.6 Å². The number of methoxy groups -OCH3 is 1. The van der Waals surface area contributed by atoms with Gasteiger partial charge in [0.2, 0.25) is 0 Å². The van der Waals surface area contributed by atoms with Crippen molar-refractivity contribution in [1.29, 1.82) is 0 Å². The maximum atomic E-state index is 13.8. The molecular weight excluding hydrogens is 464 g/mol. The van der Waals surface area contributed by atoms with Crippen LogP contribution in [0.15, 0.2) is 43.5 Å². The van der Waals surface area contributed by atoms with Gasteiger partial charge in [0.1, 0.15) is 12.9 Å². The summed E-state index contributed by atoms with van der Waals surface area (Å²) in [5.74, 6) is 0.566. The van der Waals surface area contributed by atoms with E-state index in [1.54, 1.807) is 29.4 Å². The van der Waals surface area contributed by atoms with Gasteiger partial charge in [0.15, 0.2) is 11.5 Å². The van der Waals surface area contributed by atoms with Crippen LogP contribution < -0.4 is 14.8 Å². The Labute approximate surface area is 211 Å². The van der Waals surface area contributed by atoms with Crippen LogP contribution in [0.4, 0.5) is 10.5 Å². The summed E-state index contributed by atoms with van der Waals surface area (Å²) in [4.78, 5) is 35.9. The number of aromatic nitrogens is 2. The molecule has 0 bridgehead atoms. The molecule has 0 saturated carbocycles. The molecule has 10 heteroatoms. The second-order valence-electron chi connectivity index (χ2n) is 8.49. The summed E-state index contributed by atoms with van der Waals surface area (Å²) in [6.07, 6.45) is 8.78. The lowest BCUT2D eigenvalue weighted by atomic mass is 9.86. The number of hydrogen-bond acceptors (Lipinski definition) is 8. The third kappa shape index (κ3) is 6.72. The Morgan fingerprint density at radius 3 is 2.72 bits per heavy atom. The number of aliphatic hydroxyl groups is 1. The summed E-state index contributed by atoms with van der Waals surface area (Å²) >= 11 is 0. The van der Waals surface area contributed by atoms with Crippen molar-refractivity contribution in [3.8, 4) is 11.5 Å². The summed E-state index contributed by atoms with van der Waals surface area (Å²) in [5.41, 5.74) is 1.42. The van der Waals surface area contributed by atoms with E-state index in [0.717, 1.165) is 18.4 Å². The lowest BCUT2D eigenvalue weighted by Crippen LogP contribution is -2.47. The highest BCUT2D eigenvalue weighted by Crippen LogP contribution is 2.37. The Morgan fingerprint density at radius 2 is 2.06 bits per heavy atom. The molecular formula is C26H34N4O6. The molecule has 36 heavy (non-hydrogen) atoms. The summed E-state index contributed by atoms with van der Waals surface area (Å²) in [5, 5.41) is 12.8. The van der Waals surface area contributed by atoms with Crippen LogP contribution in [0.3, 0.4) is 0 Å². The van der Waals surface area contributed by atoms with E-state index in [0.29, 0.717) is 37.5 Å². The molecule has 1 saturated heterocycles. The molecule has 2 aromatic rings. The monoisotopic (exact) mass is 498 g/mol. The summed E-state index contributed by atoms with van der Waals surface area (Å²) in [6.45, 7) is 6.29. The fourth-order valence-corrected chi connectivity index (χ4v) is 4.19. The largest absolute Gasteiger partial charge is 0.493 e. The molecule has 3 rings (SSSR count). The predicted octanol–water partition coefficient (Wildman–Crippen LogP) is 3.78. The van der Waals surface area contributed by atoms with E-state index in [2.05, 4.69) is 28.8 Å².